The highest BCUT2D eigenvalue weighted by molar-refractivity contribution is 6.72. The molecule has 0 saturated heterocycles. The molecule has 1 amide bonds. The van der Waals surface area contributed by atoms with Gasteiger partial charge in [-0.05, 0) is 24.8 Å². The lowest BCUT2D eigenvalue weighted by Gasteiger charge is -2.33. The molecule has 1 aliphatic carbocycles. The predicted molar refractivity (Wildman–Crippen MR) is 78.1 cm³/mol. The van der Waals surface area contributed by atoms with Gasteiger partial charge in [0.1, 0.15) is 5.71 Å². The summed E-state index contributed by atoms with van der Waals surface area (Å²) in [5.41, 5.74) is 6.07. The first-order valence-corrected chi connectivity index (χ1v) is 7.34. The Bertz CT molecular complexity index is 639. The van der Waals surface area contributed by atoms with Crippen LogP contribution in [0.1, 0.15) is 43.2 Å². The Morgan fingerprint density at radius 3 is 2.70 bits per heavy atom. The number of amides is 1. The first kappa shape index (κ1) is 11.8. The minimum Gasteiger partial charge on any atom is -0.270 e. The first-order chi connectivity index (χ1) is 9.77. The molecule has 1 aromatic rings. The van der Waals surface area contributed by atoms with Gasteiger partial charge in [-0.2, -0.15) is 5.10 Å². The lowest BCUT2D eigenvalue weighted by molar-refractivity contribution is -0.114. The van der Waals surface area contributed by atoms with Crippen molar-refractivity contribution < 1.29 is 4.79 Å². The third-order valence-electron chi connectivity index (χ3n) is 4.63. The Morgan fingerprint density at radius 2 is 1.85 bits per heavy atom. The van der Waals surface area contributed by atoms with Crippen LogP contribution in [0.2, 0.25) is 0 Å². The number of rotatable bonds is 0. The molecule has 0 unspecified atom stereocenters. The number of benzene rings is 1. The normalized spacial score (nSPS) is 23.3. The SMILES string of the molecule is O=C1NN=C2C1=NC1(CCCCC1)Cc1ccccc12. The van der Waals surface area contributed by atoms with Crippen molar-refractivity contribution in [3.63, 3.8) is 0 Å². The number of carbonyl (C=O) groups is 1. The lowest BCUT2D eigenvalue weighted by atomic mass is 9.77. The Balaban J connectivity index is 1.90. The average Bonchev–Trinajstić information content (AvgIpc) is 2.75. The van der Waals surface area contributed by atoms with Crippen LogP contribution in [-0.4, -0.2) is 22.9 Å². The minimum absolute atomic E-state index is 0.0946. The molecule has 0 atom stereocenters. The summed E-state index contributed by atoms with van der Waals surface area (Å²) in [7, 11) is 0. The van der Waals surface area contributed by atoms with Crippen molar-refractivity contribution in [1.29, 1.82) is 0 Å². The number of hydrogen-bond acceptors (Lipinski definition) is 3. The van der Waals surface area contributed by atoms with Crippen LogP contribution >= 0.6 is 0 Å². The summed E-state index contributed by atoms with van der Waals surface area (Å²) in [6.45, 7) is 0. The van der Waals surface area contributed by atoms with E-state index in [-0.39, 0.29) is 11.4 Å². The van der Waals surface area contributed by atoms with E-state index in [1.54, 1.807) is 0 Å². The van der Waals surface area contributed by atoms with E-state index in [9.17, 15) is 4.79 Å². The highest BCUT2D eigenvalue weighted by Crippen LogP contribution is 2.38. The molecule has 102 valence electrons. The van der Waals surface area contributed by atoms with Gasteiger partial charge in [0.2, 0.25) is 0 Å². The summed E-state index contributed by atoms with van der Waals surface area (Å²) in [4.78, 5) is 16.9. The number of nitrogens with one attached hydrogen (secondary N) is 1. The van der Waals surface area contributed by atoms with Crippen LogP contribution in [0.4, 0.5) is 0 Å². The highest BCUT2D eigenvalue weighted by atomic mass is 16.2. The van der Waals surface area contributed by atoms with Gasteiger partial charge < -0.3 is 0 Å². The fourth-order valence-corrected chi connectivity index (χ4v) is 3.65. The summed E-state index contributed by atoms with van der Waals surface area (Å²) in [5, 5.41) is 4.20. The maximum atomic E-state index is 12.0. The Labute approximate surface area is 118 Å². The number of carbonyl (C=O) groups excluding carboxylic acids is 1. The second-order valence-corrected chi connectivity index (χ2v) is 5.98. The maximum absolute atomic E-state index is 12.0. The molecule has 1 spiro atoms. The van der Waals surface area contributed by atoms with Crippen molar-refractivity contribution >= 4 is 17.3 Å². The molecule has 0 aromatic heterocycles. The van der Waals surface area contributed by atoms with E-state index >= 15 is 0 Å². The van der Waals surface area contributed by atoms with Crippen LogP contribution in [-0.2, 0) is 11.2 Å². The second kappa shape index (κ2) is 4.27. The molecule has 2 aliphatic heterocycles. The quantitative estimate of drug-likeness (QED) is 0.770. The lowest BCUT2D eigenvalue weighted by Crippen LogP contribution is -2.34. The first-order valence-electron chi connectivity index (χ1n) is 7.34. The zero-order valence-corrected chi connectivity index (χ0v) is 11.4. The topological polar surface area (TPSA) is 53.8 Å². The largest absolute Gasteiger partial charge is 0.291 e. The average molecular weight is 267 g/mol. The standard InChI is InChI=1S/C16H17N3O/c20-15-14-13(18-19-15)12-7-3-2-6-11(12)10-16(17-14)8-4-1-5-9-16/h2-3,6-7H,1,4-5,8-10H2,(H,19,20). The Hall–Kier alpha value is -1.97. The number of aliphatic imine (C=N–C) groups is 1. The van der Waals surface area contributed by atoms with Crippen LogP contribution in [0.25, 0.3) is 0 Å². The molecule has 4 nitrogen and oxygen atoms in total. The number of hydrogen-bond donors (Lipinski definition) is 1. The van der Waals surface area contributed by atoms with Gasteiger partial charge in [-0.15, -0.1) is 0 Å². The van der Waals surface area contributed by atoms with E-state index in [1.165, 1.54) is 24.8 Å². The molecular weight excluding hydrogens is 250 g/mol. The van der Waals surface area contributed by atoms with Crippen molar-refractivity contribution in [2.75, 3.05) is 0 Å². The second-order valence-electron chi connectivity index (χ2n) is 5.98. The van der Waals surface area contributed by atoms with E-state index in [0.717, 1.165) is 30.5 Å². The third kappa shape index (κ3) is 1.71. The highest BCUT2D eigenvalue weighted by Gasteiger charge is 2.39. The van der Waals surface area contributed by atoms with Gasteiger partial charge in [0.05, 0.1) is 5.54 Å². The number of hydrazone groups is 1. The molecule has 20 heavy (non-hydrogen) atoms. The van der Waals surface area contributed by atoms with Crippen molar-refractivity contribution in [1.82, 2.24) is 5.43 Å². The molecular formula is C16H17N3O. The molecule has 0 radical (unpaired) electrons. The van der Waals surface area contributed by atoms with Crippen LogP contribution in [0.3, 0.4) is 0 Å². The summed E-state index contributed by atoms with van der Waals surface area (Å²) >= 11 is 0. The maximum Gasteiger partial charge on any atom is 0.291 e. The molecule has 4 heteroatoms. The van der Waals surface area contributed by atoms with Crippen molar-refractivity contribution in [3.8, 4) is 0 Å². The Morgan fingerprint density at radius 1 is 1.05 bits per heavy atom. The fraction of sp³-hybridized carbons (Fsp3) is 0.438. The van der Waals surface area contributed by atoms with Crippen molar-refractivity contribution in [2.45, 2.75) is 44.1 Å². The Kier molecular flexibility index (Phi) is 2.52. The van der Waals surface area contributed by atoms with E-state index in [1.807, 2.05) is 12.1 Å². The molecule has 1 N–H and O–H groups in total. The predicted octanol–water partition coefficient (Wildman–Crippen LogP) is 2.22. The molecule has 1 fully saturated rings. The van der Waals surface area contributed by atoms with Gasteiger partial charge in [0, 0.05) is 5.56 Å². The van der Waals surface area contributed by atoms with Gasteiger partial charge in [0.15, 0.2) is 5.71 Å². The van der Waals surface area contributed by atoms with Crippen LogP contribution in [0.15, 0.2) is 34.4 Å². The van der Waals surface area contributed by atoms with Gasteiger partial charge in [0.25, 0.3) is 5.91 Å². The summed E-state index contributed by atoms with van der Waals surface area (Å²) in [6.07, 6.45) is 6.76. The monoisotopic (exact) mass is 267 g/mol. The smallest absolute Gasteiger partial charge is 0.270 e. The van der Waals surface area contributed by atoms with Gasteiger partial charge in [-0.1, -0.05) is 43.5 Å². The zero-order chi connectivity index (χ0) is 13.6. The third-order valence-corrected chi connectivity index (χ3v) is 4.63. The van der Waals surface area contributed by atoms with Gasteiger partial charge >= 0.3 is 0 Å². The van der Waals surface area contributed by atoms with Crippen LogP contribution < -0.4 is 5.43 Å². The summed E-state index contributed by atoms with van der Waals surface area (Å²) in [6, 6.07) is 8.26. The number of fused-ring (bicyclic) bond motifs is 3. The number of nitrogens with zero attached hydrogens (tertiary/aromatic N) is 2. The van der Waals surface area contributed by atoms with E-state index < -0.39 is 0 Å². The van der Waals surface area contributed by atoms with Crippen LogP contribution in [0.5, 0.6) is 0 Å². The fourth-order valence-electron chi connectivity index (χ4n) is 3.65. The van der Waals surface area contributed by atoms with Gasteiger partial charge in [-0.25, -0.2) is 5.43 Å². The summed E-state index contributed by atoms with van der Waals surface area (Å²) < 4.78 is 0. The van der Waals surface area contributed by atoms with E-state index in [2.05, 4.69) is 22.7 Å². The molecule has 4 rings (SSSR count). The van der Waals surface area contributed by atoms with Crippen molar-refractivity contribution in [3.05, 3.63) is 35.4 Å². The molecule has 1 aromatic carbocycles. The summed E-state index contributed by atoms with van der Waals surface area (Å²) in [5.74, 6) is -0.151. The molecule has 2 heterocycles. The molecule has 1 saturated carbocycles. The molecule has 3 aliphatic rings. The van der Waals surface area contributed by atoms with E-state index in [0.29, 0.717) is 5.71 Å². The van der Waals surface area contributed by atoms with Gasteiger partial charge in [-0.3, -0.25) is 9.79 Å². The minimum atomic E-state index is -0.151. The van der Waals surface area contributed by atoms with E-state index in [4.69, 9.17) is 4.99 Å². The zero-order valence-electron chi connectivity index (χ0n) is 11.4. The van der Waals surface area contributed by atoms with Crippen molar-refractivity contribution in [2.24, 2.45) is 10.1 Å². The molecule has 0 bridgehead atoms. The van der Waals surface area contributed by atoms with Crippen LogP contribution in [0, 0.1) is 0 Å².